The van der Waals surface area contributed by atoms with Crippen molar-refractivity contribution < 1.29 is 64.0 Å². The predicted molar refractivity (Wildman–Crippen MR) is 160 cm³/mol. The van der Waals surface area contributed by atoms with Crippen LogP contribution in [0, 0.1) is 29.1 Å². The first kappa shape index (κ1) is 39.3. The lowest BCUT2D eigenvalue weighted by atomic mass is 9.51. The molecule has 4 rings (SSSR count). The molecule has 8 atom stereocenters. The van der Waals surface area contributed by atoms with E-state index >= 15 is 4.39 Å². The molecule has 1 aromatic rings. The van der Waals surface area contributed by atoms with Crippen LogP contribution >= 0.6 is 0 Å². The lowest BCUT2D eigenvalue weighted by molar-refractivity contribution is -0.396. The number of phenolic OH excluding ortho intramolecular Hbond substituents is 1. The van der Waals surface area contributed by atoms with E-state index in [1.165, 1.54) is 6.07 Å². The summed E-state index contributed by atoms with van der Waals surface area (Å²) in [6.45, 7) is 6.27. The molecule has 2 fully saturated rings. The predicted octanol–water partition coefficient (Wildman–Crippen LogP) is 10.5. The summed E-state index contributed by atoms with van der Waals surface area (Å²) in [5.74, 6) is -23.1. The number of aromatic hydroxyl groups is 1. The van der Waals surface area contributed by atoms with Crippen molar-refractivity contribution in [3.63, 3.8) is 0 Å². The van der Waals surface area contributed by atoms with E-state index in [0.717, 1.165) is 24.0 Å². The van der Waals surface area contributed by atoms with E-state index in [1.807, 2.05) is 0 Å². The molecule has 1 aromatic carbocycles. The van der Waals surface area contributed by atoms with Crippen LogP contribution in [0.2, 0.25) is 0 Å². The van der Waals surface area contributed by atoms with Crippen LogP contribution in [0.3, 0.4) is 0 Å². The molecule has 0 bridgehead atoms. The van der Waals surface area contributed by atoms with Crippen molar-refractivity contribution >= 4 is 5.97 Å². The third kappa shape index (κ3) is 7.31. The minimum absolute atomic E-state index is 0.0105. The Morgan fingerprint density at radius 1 is 0.939 bits per heavy atom. The Balaban J connectivity index is 1.28. The van der Waals surface area contributed by atoms with Gasteiger partial charge in [-0.3, -0.25) is 4.79 Å². The summed E-state index contributed by atoms with van der Waals surface area (Å²) in [6, 6.07) is 4.87. The third-order valence-electron chi connectivity index (χ3n) is 11.7. The van der Waals surface area contributed by atoms with Gasteiger partial charge in [0.25, 0.3) is 0 Å². The zero-order valence-electron chi connectivity index (χ0n) is 27.2. The first-order valence-corrected chi connectivity index (χ1v) is 16.9. The molecule has 4 nitrogen and oxygen atoms in total. The topological polar surface area (TPSA) is 77.8 Å². The number of carbonyl (C=O) groups is 1. The number of carboxylic acid groups (broad SMARTS) is 1. The van der Waals surface area contributed by atoms with Gasteiger partial charge in [-0.25, -0.2) is 4.39 Å². The second-order valence-electron chi connectivity index (χ2n) is 14.5. The van der Waals surface area contributed by atoms with Crippen LogP contribution in [-0.2, 0) is 4.79 Å². The zero-order valence-corrected chi connectivity index (χ0v) is 27.2. The summed E-state index contributed by atoms with van der Waals surface area (Å²) in [7, 11) is 0. The normalized spacial score (nSPS) is 29.7. The maximum absolute atomic E-state index is 16.3. The lowest BCUT2D eigenvalue weighted by Crippen LogP contribution is -2.60. The number of aliphatic hydroxyl groups excluding tert-OH is 1. The number of benzene rings is 1. The quantitative estimate of drug-likeness (QED) is 0.0959. The van der Waals surface area contributed by atoms with E-state index in [-0.39, 0.29) is 47.7 Å². The van der Waals surface area contributed by atoms with E-state index in [2.05, 4.69) is 13.5 Å². The Labute approximate surface area is 279 Å². The molecule has 278 valence electrons. The van der Waals surface area contributed by atoms with Crippen molar-refractivity contribution in [3.05, 3.63) is 41.5 Å². The Morgan fingerprint density at radius 3 is 2.16 bits per heavy atom. The molecule has 3 N–H and O–H groups in total. The molecule has 0 spiro atoms. The molecule has 0 heterocycles. The number of unbranched alkanes of at least 4 members (excludes halogenated alkanes) is 5. The molecule has 3 aliphatic rings. The van der Waals surface area contributed by atoms with Crippen LogP contribution in [0.5, 0.6) is 5.75 Å². The SMILES string of the molecule is C=C1[C@H](O)C[C@H]2[C@@H]3[C@H](CCCCCCCCC(CCC(F)(F)C(F)(F)C(F)(F)C(F)(F)F)C(=O)O)[C@@H](F)c4cc(O)ccc4[C@H]3CC[C@]12C. The highest BCUT2D eigenvalue weighted by Gasteiger charge is 2.81. The van der Waals surface area contributed by atoms with Crippen LogP contribution in [0.15, 0.2) is 30.4 Å². The van der Waals surface area contributed by atoms with Gasteiger partial charge in [0.1, 0.15) is 11.9 Å². The van der Waals surface area contributed by atoms with Crippen molar-refractivity contribution in [2.45, 2.75) is 133 Å². The highest BCUT2D eigenvalue weighted by molar-refractivity contribution is 5.69. The molecular weight excluding hydrogens is 674 g/mol. The second-order valence-corrected chi connectivity index (χ2v) is 14.5. The van der Waals surface area contributed by atoms with Crippen LogP contribution in [0.25, 0.3) is 0 Å². The fraction of sp³-hybridized carbons (Fsp3) is 0.743. The average molecular weight is 719 g/mol. The minimum Gasteiger partial charge on any atom is -0.508 e. The second kappa shape index (κ2) is 14.3. The molecule has 14 heteroatoms. The van der Waals surface area contributed by atoms with Gasteiger partial charge >= 0.3 is 29.9 Å². The van der Waals surface area contributed by atoms with E-state index in [4.69, 9.17) is 0 Å². The number of alkyl halides is 10. The number of hydrogen-bond acceptors (Lipinski definition) is 3. The molecule has 0 aliphatic heterocycles. The Kier molecular flexibility index (Phi) is 11.4. The first-order chi connectivity index (χ1) is 22.6. The number of phenols is 1. The summed E-state index contributed by atoms with van der Waals surface area (Å²) in [4.78, 5) is 11.5. The van der Waals surface area contributed by atoms with Gasteiger partial charge in [0.15, 0.2) is 0 Å². The van der Waals surface area contributed by atoms with Crippen molar-refractivity contribution in [2.24, 2.45) is 29.1 Å². The molecule has 0 aromatic heterocycles. The molecule has 1 unspecified atom stereocenters. The van der Waals surface area contributed by atoms with Crippen LogP contribution in [0.1, 0.15) is 114 Å². The number of aliphatic hydroxyl groups is 1. The summed E-state index contributed by atoms with van der Waals surface area (Å²) in [6.07, 6.45) is -6.62. The fourth-order valence-corrected chi connectivity index (χ4v) is 8.77. The van der Waals surface area contributed by atoms with E-state index in [1.54, 1.807) is 12.1 Å². The van der Waals surface area contributed by atoms with Gasteiger partial charge in [-0.2, -0.15) is 39.5 Å². The van der Waals surface area contributed by atoms with Crippen LogP contribution < -0.4 is 0 Å². The summed E-state index contributed by atoms with van der Waals surface area (Å²) in [5.41, 5.74) is 1.89. The monoisotopic (exact) mass is 718 g/mol. The van der Waals surface area contributed by atoms with Crippen molar-refractivity contribution in [1.29, 1.82) is 0 Å². The maximum atomic E-state index is 16.3. The van der Waals surface area contributed by atoms with E-state index in [0.29, 0.717) is 50.5 Å². The van der Waals surface area contributed by atoms with Gasteiger partial charge in [0.05, 0.1) is 12.0 Å². The van der Waals surface area contributed by atoms with Gasteiger partial charge in [-0.15, -0.1) is 0 Å². The van der Waals surface area contributed by atoms with Gasteiger partial charge < -0.3 is 15.3 Å². The highest BCUT2D eigenvalue weighted by Crippen LogP contribution is 2.66. The largest absolute Gasteiger partial charge is 0.508 e. The van der Waals surface area contributed by atoms with Gasteiger partial charge in [0, 0.05) is 6.42 Å². The van der Waals surface area contributed by atoms with Crippen molar-refractivity contribution in [3.8, 4) is 5.75 Å². The third-order valence-corrected chi connectivity index (χ3v) is 11.7. The number of hydrogen-bond donors (Lipinski definition) is 3. The Hall–Kier alpha value is -2.51. The van der Waals surface area contributed by atoms with Crippen LogP contribution in [0.4, 0.5) is 43.9 Å². The number of aliphatic carboxylic acids is 1. The number of rotatable bonds is 15. The number of fused-ring (bicyclic) bond motifs is 5. The van der Waals surface area contributed by atoms with E-state index in [9.17, 15) is 59.6 Å². The standard InChI is InChI=1S/C35H44F10O4/c1-19-27(47)18-26-28-23(14-15-31(19,26)2)22-12-11-21(46)17-25(22)29(36)24(28)10-8-6-4-3-5-7-9-20(30(48)49)13-16-32(37,38)33(39,40)34(41,42)35(43,44)45/h11-12,17,20,23-24,26-29,46-47H,1,3-10,13-16,18H2,2H3,(H,48,49)/t20?,23-,24+,26+,27-,28+,29-,31-/m1/s1. The smallest absolute Gasteiger partial charge is 0.460 e. The summed E-state index contributed by atoms with van der Waals surface area (Å²) < 4.78 is 134. The number of halogens is 10. The molecule has 0 radical (unpaired) electrons. The maximum Gasteiger partial charge on any atom is 0.460 e. The van der Waals surface area contributed by atoms with Crippen molar-refractivity contribution in [1.82, 2.24) is 0 Å². The van der Waals surface area contributed by atoms with Crippen molar-refractivity contribution in [2.75, 3.05) is 0 Å². The average Bonchev–Trinajstić information content (AvgIpc) is 3.24. The van der Waals surface area contributed by atoms with Gasteiger partial charge in [-0.1, -0.05) is 58.1 Å². The summed E-state index contributed by atoms with van der Waals surface area (Å²) in [5, 5.41) is 30.1. The molecule has 2 saturated carbocycles. The van der Waals surface area contributed by atoms with Crippen LogP contribution in [-0.4, -0.2) is 51.3 Å². The Morgan fingerprint density at radius 2 is 1.55 bits per heavy atom. The van der Waals surface area contributed by atoms with E-state index < -0.39 is 60.9 Å². The lowest BCUT2D eigenvalue weighted by Gasteiger charge is -2.53. The highest BCUT2D eigenvalue weighted by atomic mass is 19.4. The zero-order chi connectivity index (χ0) is 36.7. The van der Waals surface area contributed by atoms with Gasteiger partial charge in [0.2, 0.25) is 0 Å². The molecule has 0 amide bonds. The molecule has 49 heavy (non-hydrogen) atoms. The molecule has 3 aliphatic carbocycles. The molecular formula is C35H44F10O4. The first-order valence-electron chi connectivity index (χ1n) is 16.9. The number of carboxylic acids is 1. The fourth-order valence-electron chi connectivity index (χ4n) is 8.77. The minimum atomic E-state index is -7.01. The molecule has 0 saturated heterocycles. The Bertz CT molecular complexity index is 1350. The summed E-state index contributed by atoms with van der Waals surface area (Å²) >= 11 is 0. The van der Waals surface area contributed by atoms with Gasteiger partial charge in [-0.05, 0) is 96.4 Å².